The summed E-state index contributed by atoms with van der Waals surface area (Å²) in [5.41, 5.74) is 2.45. The molecule has 1 saturated heterocycles. The number of aryl methyl sites for hydroxylation is 2. The Morgan fingerprint density at radius 3 is 2.75 bits per heavy atom. The molecule has 1 N–H and O–H groups in total. The van der Waals surface area contributed by atoms with Crippen LogP contribution >= 0.6 is 0 Å². The third kappa shape index (κ3) is 3.57. The van der Waals surface area contributed by atoms with Crippen molar-refractivity contribution >= 4 is 17.5 Å². The summed E-state index contributed by atoms with van der Waals surface area (Å²) in [4.78, 5) is 32.6. The van der Waals surface area contributed by atoms with Gasteiger partial charge in [0.25, 0.3) is 0 Å². The summed E-state index contributed by atoms with van der Waals surface area (Å²) in [7, 11) is 0. The second-order valence-electron chi connectivity index (χ2n) is 8.61. The van der Waals surface area contributed by atoms with Crippen LogP contribution < -0.4 is 5.32 Å². The molecule has 3 aromatic rings. The number of anilines is 1. The molecule has 2 aliphatic heterocycles. The number of benzene rings is 2. The summed E-state index contributed by atoms with van der Waals surface area (Å²) in [6.07, 6.45) is 6.52. The maximum absolute atomic E-state index is 13.3. The number of nitrogens with one attached hydrogen (secondary N) is 1. The van der Waals surface area contributed by atoms with Crippen molar-refractivity contribution in [1.29, 1.82) is 0 Å². The van der Waals surface area contributed by atoms with E-state index in [2.05, 4.69) is 27.5 Å². The number of hydrogen-bond acceptors (Lipinski definition) is 4. The highest BCUT2D eigenvalue weighted by atomic mass is 16.2. The van der Waals surface area contributed by atoms with E-state index in [0.29, 0.717) is 32.4 Å². The molecule has 0 radical (unpaired) electrons. The Balaban J connectivity index is 1.39. The molecule has 5 rings (SSSR count). The molecule has 1 spiro atoms. The second kappa shape index (κ2) is 8.57. The first-order chi connectivity index (χ1) is 15.7. The molecular formula is C25H27N5O2. The number of carbonyl (C=O) groups excluding carboxylic acids is 2. The zero-order valence-corrected chi connectivity index (χ0v) is 18.0. The molecule has 0 unspecified atom stereocenters. The van der Waals surface area contributed by atoms with Crippen LogP contribution in [-0.4, -0.2) is 44.1 Å². The summed E-state index contributed by atoms with van der Waals surface area (Å²) >= 11 is 0. The predicted molar refractivity (Wildman–Crippen MR) is 121 cm³/mol. The van der Waals surface area contributed by atoms with Gasteiger partial charge in [-0.15, -0.1) is 0 Å². The van der Waals surface area contributed by atoms with Crippen LogP contribution in [0, 0.1) is 0 Å². The summed E-state index contributed by atoms with van der Waals surface area (Å²) in [5, 5.41) is 7.19. The van der Waals surface area contributed by atoms with Gasteiger partial charge in [0.1, 0.15) is 12.7 Å². The molecule has 7 nitrogen and oxygen atoms in total. The van der Waals surface area contributed by atoms with Gasteiger partial charge in [0.15, 0.2) is 0 Å². The minimum Gasteiger partial charge on any atom is -0.338 e. The Labute approximate surface area is 187 Å². The fourth-order valence-corrected chi connectivity index (χ4v) is 5.33. The van der Waals surface area contributed by atoms with Gasteiger partial charge in [-0.2, -0.15) is 5.10 Å². The number of para-hydroxylation sites is 1. The van der Waals surface area contributed by atoms with E-state index in [-0.39, 0.29) is 17.9 Å². The molecule has 2 aromatic carbocycles. The van der Waals surface area contributed by atoms with Crippen molar-refractivity contribution in [2.45, 2.75) is 50.1 Å². The van der Waals surface area contributed by atoms with Gasteiger partial charge >= 0.3 is 0 Å². The van der Waals surface area contributed by atoms with E-state index in [1.54, 1.807) is 11.0 Å². The van der Waals surface area contributed by atoms with Crippen molar-refractivity contribution in [3.63, 3.8) is 0 Å². The molecule has 2 aliphatic rings. The number of aromatic nitrogens is 3. The van der Waals surface area contributed by atoms with Crippen molar-refractivity contribution in [1.82, 2.24) is 19.7 Å². The number of amides is 2. The molecule has 7 heteroatoms. The van der Waals surface area contributed by atoms with Gasteiger partial charge < -0.3 is 10.2 Å². The van der Waals surface area contributed by atoms with Gasteiger partial charge in [0, 0.05) is 25.2 Å². The number of likely N-dealkylation sites (tertiary alicyclic amines) is 1. The van der Waals surface area contributed by atoms with Crippen LogP contribution in [0.2, 0.25) is 0 Å². The van der Waals surface area contributed by atoms with E-state index < -0.39 is 5.41 Å². The van der Waals surface area contributed by atoms with Crippen LogP contribution in [-0.2, 0) is 28.0 Å². The molecular weight excluding hydrogens is 402 g/mol. The summed E-state index contributed by atoms with van der Waals surface area (Å²) < 4.78 is 1.74. The van der Waals surface area contributed by atoms with E-state index in [9.17, 15) is 9.59 Å². The topological polar surface area (TPSA) is 80.1 Å². The highest BCUT2D eigenvalue weighted by molar-refractivity contribution is 6.07. The fraction of sp³-hybridized carbons (Fsp3) is 0.360. The monoisotopic (exact) mass is 429 g/mol. The third-order valence-corrected chi connectivity index (χ3v) is 6.87. The van der Waals surface area contributed by atoms with E-state index in [1.807, 2.05) is 47.4 Å². The third-order valence-electron chi connectivity index (χ3n) is 6.87. The van der Waals surface area contributed by atoms with Gasteiger partial charge in [-0.3, -0.25) is 14.3 Å². The quantitative estimate of drug-likeness (QED) is 0.626. The molecule has 0 saturated carbocycles. The lowest BCUT2D eigenvalue weighted by atomic mass is 9.73. The summed E-state index contributed by atoms with van der Waals surface area (Å²) in [6, 6.07) is 18.0. The van der Waals surface area contributed by atoms with Crippen LogP contribution in [0.15, 0.2) is 67.3 Å². The maximum atomic E-state index is 13.3. The number of rotatable bonds is 7. The fourth-order valence-electron chi connectivity index (χ4n) is 5.33. The van der Waals surface area contributed by atoms with Gasteiger partial charge in [-0.05, 0) is 42.9 Å². The largest absolute Gasteiger partial charge is 0.338 e. The minimum atomic E-state index is -0.674. The highest BCUT2D eigenvalue weighted by Crippen LogP contribution is 2.49. The van der Waals surface area contributed by atoms with E-state index in [0.717, 1.165) is 24.1 Å². The van der Waals surface area contributed by atoms with Crippen molar-refractivity contribution < 1.29 is 9.59 Å². The Morgan fingerprint density at radius 2 is 1.94 bits per heavy atom. The number of carbonyl (C=O) groups is 2. The zero-order valence-electron chi connectivity index (χ0n) is 18.0. The molecule has 3 heterocycles. The Morgan fingerprint density at radius 1 is 1.12 bits per heavy atom. The molecule has 32 heavy (non-hydrogen) atoms. The highest BCUT2D eigenvalue weighted by Gasteiger charge is 2.58. The lowest BCUT2D eigenvalue weighted by Crippen LogP contribution is -2.49. The molecule has 164 valence electrons. The molecule has 0 aliphatic carbocycles. The normalized spacial score (nSPS) is 21.7. The van der Waals surface area contributed by atoms with Crippen LogP contribution in [0.3, 0.4) is 0 Å². The maximum Gasteiger partial charge on any atom is 0.237 e. The Hall–Kier alpha value is -3.48. The molecule has 2 atom stereocenters. The number of nitrogens with zero attached hydrogens (tertiary/aromatic N) is 4. The van der Waals surface area contributed by atoms with Crippen molar-refractivity contribution in [2.75, 3.05) is 11.9 Å². The Bertz CT molecular complexity index is 1100. The molecule has 0 bridgehead atoms. The first-order valence-electron chi connectivity index (χ1n) is 11.3. The van der Waals surface area contributed by atoms with Gasteiger partial charge in [0.05, 0.1) is 11.5 Å². The van der Waals surface area contributed by atoms with Crippen LogP contribution in [0.25, 0.3) is 0 Å². The SMILES string of the molecule is O=C(CCCn1cncn1)N1CC[C@]2(C(=O)Nc3ccccc32)[C@@H]1CCc1ccccc1. The van der Waals surface area contributed by atoms with E-state index in [1.165, 1.54) is 11.9 Å². The van der Waals surface area contributed by atoms with Crippen molar-refractivity contribution in [3.05, 3.63) is 78.4 Å². The lowest BCUT2D eigenvalue weighted by molar-refractivity contribution is -0.133. The van der Waals surface area contributed by atoms with E-state index >= 15 is 0 Å². The average molecular weight is 430 g/mol. The van der Waals surface area contributed by atoms with Gasteiger partial charge in [0.2, 0.25) is 11.8 Å². The smallest absolute Gasteiger partial charge is 0.237 e. The predicted octanol–water partition coefficient (Wildman–Crippen LogP) is 3.18. The standard InChI is InChI=1S/C25H27N5O2/c31-23(11-6-15-29-18-26-17-27-29)30-16-14-25(20-9-4-5-10-21(20)28-24(25)32)22(30)13-12-19-7-2-1-3-8-19/h1-5,7-10,17-18,22H,6,11-16H2,(H,28,32)/t22-,25+/m0/s1. The van der Waals surface area contributed by atoms with Crippen molar-refractivity contribution in [3.8, 4) is 0 Å². The Kier molecular flexibility index (Phi) is 5.47. The molecule has 2 amide bonds. The number of fused-ring (bicyclic) bond motifs is 2. The molecule has 1 aromatic heterocycles. The zero-order chi connectivity index (χ0) is 22.0. The minimum absolute atomic E-state index is 0.0228. The van der Waals surface area contributed by atoms with E-state index in [4.69, 9.17) is 0 Å². The van der Waals surface area contributed by atoms with Gasteiger partial charge in [-0.25, -0.2) is 4.98 Å². The first kappa shape index (κ1) is 20.4. The number of hydrogen-bond donors (Lipinski definition) is 1. The van der Waals surface area contributed by atoms with Crippen LogP contribution in [0.4, 0.5) is 5.69 Å². The van der Waals surface area contributed by atoms with Crippen molar-refractivity contribution in [2.24, 2.45) is 0 Å². The lowest BCUT2D eigenvalue weighted by Gasteiger charge is -2.34. The second-order valence-corrected chi connectivity index (χ2v) is 8.61. The van der Waals surface area contributed by atoms with Gasteiger partial charge in [-0.1, -0.05) is 48.5 Å². The molecule has 1 fully saturated rings. The summed E-state index contributed by atoms with van der Waals surface area (Å²) in [6.45, 7) is 1.26. The average Bonchev–Trinajstić information content (AvgIpc) is 3.53. The summed E-state index contributed by atoms with van der Waals surface area (Å²) in [5.74, 6) is 0.131. The van der Waals surface area contributed by atoms with Crippen LogP contribution in [0.5, 0.6) is 0 Å². The van der Waals surface area contributed by atoms with Crippen LogP contribution in [0.1, 0.15) is 36.8 Å². The first-order valence-corrected chi connectivity index (χ1v) is 11.3.